The molecule has 0 saturated carbocycles. The van der Waals surface area contributed by atoms with E-state index in [1.54, 1.807) is 7.11 Å². The van der Waals surface area contributed by atoms with Crippen molar-refractivity contribution in [2.75, 3.05) is 7.11 Å². The topological polar surface area (TPSA) is 35.2 Å². The number of rotatable bonds is 2. The van der Waals surface area contributed by atoms with Crippen LogP contribution < -0.4 is 10.5 Å². The first-order valence-electron chi connectivity index (χ1n) is 4.85. The van der Waals surface area contributed by atoms with E-state index in [2.05, 4.69) is 20.8 Å². The highest BCUT2D eigenvalue weighted by molar-refractivity contribution is 5.36. The normalized spacial score (nSPS) is 13.8. The second-order valence-electron chi connectivity index (χ2n) is 4.59. The number of hydrogen-bond donors (Lipinski definition) is 1. The van der Waals surface area contributed by atoms with E-state index in [9.17, 15) is 0 Å². The fraction of sp³-hybridized carbons (Fsp3) is 0.500. The van der Waals surface area contributed by atoms with Crippen LogP contribution in [0.3, 0.4) is 0 Å². The Morgan fingerprint density at radius 2 is 1.79 bits per heavy atom. The summed E-state index contributed by atoms with van der Waals surface area (Å²) in [5, 5.41) is 0. The van der Waals surface area contributed by atoms with Gasteiger partial charge in [0, 0.05) is 11.6 Å². The minimum absolute atomic E-state index is 0.00125. The van der Waals surface area contributed by atoms with Crippen LogP contribution in [0.25, 0.3) is 0 Å². The number of para-hydroxylation sites is 1. The van der Waals surface area contributed by atoms with Gasteiger partial charge in [-0.1, -0.05) is 39.0 Å². The van der Waals surface area contributed by atoms with Crippen LogP contribution in [0.5, 0.6) is 5.75 Å². The summed E-state index contributed by atoms with van der Waals surface area (Å²) in [6, 6.07) is 7.91. The molecular formula is C12H19NO. The minimum atomic E-state index is -0.00125. The van der Waals surface area contributed by atoms with Crippen LogP contribution in [0.15, 0.2) is 24.3 Å². The fourth-order valence-electron chi connectivity index (χ4n) is 1.39. The quantitative estimate of drug-likeness (QED) is 0.783. The van der Waals surface area contributed by atoms with Gasteiger partial charge in [-0.2, -0.15) is 0 Å². The lowest BCUT2D eigenvalue weighted by Crippen LogP contribution is -2.26. The van der Waals surface area contributed by atoms with E-state index in [4.69, 9.17) is 10.5 Å². The first-order valence-corrected chi connectivity index (χ1v) is 4.85. The van der Waals surface area contributed by atoms with E-state index in [0.29, 0.717) is 0 Å². The maximum atomic E-state index is 6.17. The van der Waals surface area contributed by atoms with Crippen LogP contribution in [0.4, 0.5) is 0 Å². The number of nitrogens with two attached hydrogens (primary N) is 1. The van der Waals surface area contributed by atoms with Crippen molar-refractivity contribution in [3.8, 4) is 5.75 Å². The molecule has 0 fully saturated rings. The summed E-state index contributed by atoms with van der Waals surface area (Å²) in [4.78, 5) is 0. The third-order valence-corrected chi connectivity index (χ3v) is 2.41. The lowest BCUT2D eigenvalue weighted by atomic mass is 9.83. The van der Waals surface area contributed by atoms with Gasteiger partial charge in [-0.25, -0.2) is 0 Å². The molecule has 1 atom stereocenters. The molecule has 1 aromatic carbocycles. The van der Waals surface area contributed by atoms with E-state index < -0.39 is 0 Å². The Morgan fingerprint density at radius 3 is 2.29 bits per heavy atom. The summed E-state index contributed by atoms with van der Waals surface area (Å²) < 4.78 is 5.28. The Kier molecular flexibility index (Phi) is 3.17. The van der Waals surface area contributed by atoms with E-state index in [-0.39, 0.29) is 11.5 Å². The van der Waals surface area contributed by atoms with E-state index in [1.807, 2.05) is 24.3 Å². The Hall–Kier alpha value is -1.02. The van der Waals surface area contributed by atoms with Crippen molar-refractivity contribution < 1.29 is 4.74 Å². The summed E-state index contributed by atoms with van der Waals surface area (Å²) >= 11 is 0. The van der Waals surface area contributed by atoms with Crippen molar-refractivity contribution in [2.24, 2.45) is 11.1 Å². The summed E-state index contributed by atoms with van der Waals surface area (Å²) in [5.74, 6) is 0.870. The van der Waals surface area contributed by atoms with Crippen molar-refractivity contribution in [1.82, 2.24) is 0 Å². The van der Waals surface area contributed by atoms with Crippen LogP contribution in [0.1, 0.15) is 32.4 Å². The largest absolute Gasteiger partial charge is 0.496 e. The lowest BCUT2D eigenvalue weighted by molar-refractivity contribution is 0.314. The number of ether oxygens (including phenoxy) is 1. The average molecular weight is 193 g/mol. The SMILES string of the molecule is COc1ccccc1[C@@H](N)C(C)(C)C. The zero-order valence-electron chi connectivity index (χ0n) is 9.37. The predicted octanol–water partition coefficient (Wildman–Crippen LogP) is 2.74. The van der Waals surface area contributed by atoms with Crippen molar-refractivity contribution in [1.29, 1.82) is 0 Å². The van der Waals surface area contributed by atoms with Gasteiger partial charge in [0.15, 0.2) is 0 Å². The van der Waals surface area contributed by atoms with Gasteiger partial charge in [0.2, 0.25) is 0 Å². The molecule has 0 aromatic heterocycles. The van der Waals surface area contributed by atoms with Gasteiger partial charge in [-0.3, -0.25) is 0 Å². The number of benzene rings is 1. The Labute approximate surface area is 86.1 Å². The maximum absolute atomic E-state index is 6.17. The Balaban J connectivity index is 3.06. The summed E-state index contributed by atoms with van der Waals surface area (Å²) in [6.45, 7) is 6.39. The van der Waals surface area contributed by atoms with Gasteiger partial charge in [-0.15, -0.1) is 0 Å². The van der Waals surface area contributed by atoms with Crippen molar-refractivity contribution in [2.45, 2.75) is 26.8 Å². The monoisotopic (exact) mass is 193 g/mol. The molecule has 0 radical (unpaired) electrons. The molecule has 0 aliphatic rings. The van der Waals surface area contributed by atoms with Crippen LogP contribution >= 0.6 is 0 Å². The van der Waals surface area contributed by atoms with E-state index >= 15 is 0 Å². The summed E-state index contributed by atoms with van der Waals surface area (Å²) in [7, 11) is 1.67. The molecule has 0 bridgehead atoms. The highest BCUT2D eigenvalue weighted by Gasteiger charge is 2.24. The summed E-state index contributed by atoms with van der Waals surface area (Å²) in [6.07, 6.45) is 0. The molecule has 0 unspecified atom stereocenters. The predicted molar refractivity (Wildman–Crippen MR) is 59.4 cm³/mol. The van der Waals surface area contributed by atoms with Crippen molar-refractivity contribution in [3.05, 3.63) is 29.8 Å². The molecule has 0 amide bonds. The number of methoxy groups -OCH3 is 1. The van der Waals surface area contributed by atoms with Crippen LogP contribution in [-0.2, 0) is 0 Å². The van der Waals surface area contributed by atoms with Gasteiger partial charge in [0.05, 0.1) is 7.11 Å². The third kappa shape index (κ3) is 2.26. The van der Waals surface area contributed by atoms with Crippen LogP contribution in [0, 0.1) is 5.41 Å². The van der Waals surface area contributed by atoms with Crippen molar-refractivity contribution >= 4 is 0 Å². The van der Waals surface area contributed by atoms with E-state index in [1.165, 1.54) is 0 Å². The standard InChI is InChI=1S/C12H19NO/c1-12(2,3)11(13)9-7-5-6-8-10(9)14-4/h5-8,11H,13H2,1-4H3/t11-/m1/s1. The first kappa shape index (κ1) is 11.1. The molecule has 1 aromatic rings. The molecule has 0 heterocycles. The van der Waals surface area contributed by atoms with Gasteiger partial charge in [-0.05, 0) is 11.5 Å². The molecule has 2 heteroatoms. The Morgan fingerprint density at radius 1 is 1.21 bits per heavy atom. The minimum Gasteiger partial charge on any atom is -0.496 e. The molecule has 2 N–H and O–H groups in total. The highest BCUT2D eigenvalue weighted by Crippen LogP contribution is 2.34. The highest BCUT2D eigenvalue weighted by atomic mass is 16.5. The maximum Gasteiger partial charge on any atom is 0.123 e. The average Bonchev–Trinajstić information content (AvgIpc) is 2.15. The van der Waals surface area contributed by atoms with Gasteiger partial charge in [0.25, 0.3) is 0 Å². The van der Waals surface area contributed by atoms with Crippen molar-refractivity contribution in [3.63, 3.8) is 0 Å². The molecule has 14 heavy (non-hydrogen) atoms. The molecule has 0 aliphatic heterocycles. The lowest BCUT2D eigenvalue weighted by Gasteiger charge is -2.28. The zero-order chi connectivity index (χ0) is 10.8. The molecule has 78 valence electrons. The number of hydrogen-bond acceptors (Lipinski definition) is 2. The van der Waals surface area contributed by atoms with Gasteiger partial charge >= 0.3 is 0 Å². The molecular weight excluding hydrogens is 174 g/mol. The molecule has 2 nitrogen and oxygen atoms in total. The van der Waals surface area contributed by atoms with Gasteiger partial charge in [0.1, 0.15) is 5.75 Å². The smallest absolute Gasteiger partial charge is 0.123 e. The molecule has 0 saturated heterocycles. The summed E-state index contributed by atoms with van der Waals surface area (Å²) in [5.41, 5.74) is 7.29. The van der Waals surface area contributed by atoms with Crippen LogP contribution in [-0.4, -0.2) is 7.11 Å². The van der Waals surface area contributed by atoms with Crippen LogP contribution in [0.2, 0.25) is 0 Å². The third-order valence-electron chi connectivity index (χ3n) is 2.41. The van der Waals surface area contributed by atoms with E-state index in [0.717, 1.165) is 11.3 Å². The zero-order valence-corrected chi connectivity index (χ0v) is 9.37. The first-order chi connectivity index (χ1) is 6.46. The fourth-order valence-corrected chi connectivity index (χ4v) is 1.39. The molecule has 0 aliphatic carbocycles. The molecule has 1 rings (SSSR count). The Bertz CT molecular complexity index is 301. The second kappa shape index (κ2) is 4.01. The van der Waals surface area contributed by atoms with Gasteiger partial charge < -0.3 is 10.5 Å². The molecule has 0 spiro atoms. The second-order valence-corrected chi connectivity index (χ2v) is 4.59.